The summed E-state index contributed by atoms with van der Waals surface area (Å²) in [5.41, 5.74) is 2.24. The Kier molecular flexibility index (Phi) is 9.23. The fraction of sp³-hybridized carbons (Fsp3) is 0.393. The summed E-state index contributed by atoms with van der Waals surface area (Å²) >= 11 is 0. The number of benzene rings is 2. The summed E-state index contributed by atoms with van der Waals surface area (Å²) in [6.45, 7) is 9.86. The summed E-state index contributed by atoms with van der Waals surface area (Å²) in [6.07, 6.45) is 1.46. The Hall–Kier alpha value is -3.74. The van der Waals surface area contributed by atoms with Crippen molar-refractivity contribution < 1.29 is 18.3 Å². The van der Waals surface area contributed by atoms with E-state index in [0.717, 1.165) is 18.5 Å². The Balaban J connectivity index is 1.73. The van der Waals surface area contributed by atoms with E-state index in [1.54, 1.807) is 31.2 Å². The monoisotopic (exact) mass is 568 g/mol. The lowest BCUT2D eigenvalue weighted by Crippen LogP contribution is -2.26. The number of aromatic amines is 1. The van der Waals surface area contributed by atoms with E-state index in [2.05, 4.69) is 24.7 Å². The van der Waals surface area contributed by atoms with Gasteiger partial charge >= 0.3 is 0 Å². The van der Waals surface area contributed by atoms with Crippen molar-refractivity contribution in [1.29, 1.82) is 0 Å². The standard InChI is InChI=1S/C28H36N6O5S/c1-5-9-25-29-19(4)26-28(36)30-27(31-34(25)26)23-17-22(12-13-24(23)39-7-3)40(37,38)32-21-11-8-10-20(16-21)18-33(6-2)14-15-35/h8,10-13,16-17,32,35H,5-7,9,14-15,18H2,1-4H3,(H,30,31,36). The average molecular weight is 569 g/mol. The van der Waals surface area contributed by atoms with Gasteiger partial charge in [-0.1, -0.05) is 26.0 Å². The Morgan fingerprint density at radius 1 is 1.15 bits per heavy atom. The molecule has 40 heavy (non-hydrogen) atoms. The number of hydrogen-bond donors (Lipinski definition) is 3. The molecule has 214 valence electrons. The summed E-state index contributed by atoms with van der Waals surface area (Å²) in [4.78, 5) is 22.4. The maximum atomic E-state index is 13.5. The molecule has 0 saturated heterocycles. The molecule has 3 N–H and O–H groups in total. The van der Waals surface area contributed by atoms with E-state index in [0.29, 0.717) is 60.2 Å². The average Bonchev–Trinajstić information content (AvgIpc) is 3.24. The molecule has 0 fully saturated rings. The predicted octanol–water partition coefficient (Wildman–Crippen LogP) is 3.36. The lowest BCUT2D eigenvalue weighted by molar-refractivity contribution is 0.197. The van der Waals surface area contributed by atoms with Crippen LogP contribution in [0.4, 0.5) is 5.69 Å². The molecule has 4 aromatic rings. The number of ether oxygens (including phenoxy) is 1. The number of nitrogens with one attached hydrogen (secondary N) is 2. The lowest BCUT2D eigenvalue weighted by Gasteiger charge is -2.19. The number of aryl methyl sites for hydroxylation is 2. The largest absolute Gasteiger partial charge is 0.493 e. The number of aliphatic hydroxyl groups excluding tert-OH is 1. The zero-order chi connectivity index (χ0) is 28.9. The van der Waals surface area contributed by atoms with Crippen LogP contribution in [0.15, 0.2) is 52.2 Å². The minimum atomic E-state index is -4.00. The van der Waals surface area contributed by atoms with Crippen LogP contribution in [0, 0.1) is 6.92 Å². The molecule has 4 rings (SSSR count). The number of aromatic nitrogens is 4. The number of H-pyrrole nitrogens is 1. The Labute approximate surface area is 233 Å². The van der Waals surface area contributed by atoms with Crippen molar-refractivity contribution in [1.82, 2.24) is 24.5 Å². The van der Waals surface area contributed by atoms with E-state index in [4.69, 9.17) is 4.74 Å². The SMILES string of the molecule is CCCc1nc(C)c2c(=O)[nH]c(-c3cc(S(=O)(=O)Nc4cccc(CN(CC)CCO)c4)ccc3OCC)nn12. The molecule has 2 aromatic heterocycles. The van der Waals surface area contributed by atoms with Crippen LogP contribution in [0.25, 0.3) is 16.9 Å². The molecular weight excluding hydrogens is 532 g/mol. The smallest absolute Gasteiger partial charge is 0.277 e. The minimum Gasteiger partial charge on any atom is -0.493 e. The summed E-state index contributed by atoms with van der Waals surface area (Å²) in [7, 11) is -4.00. The van der Waals surface area contributed by atoms with Gasteiger partial charge in [-0.3, -0.25) is 14.4 Å². The van der Waals surface area contributed by atoms with Crippen LogP contribution in [-0.2, 0) is 23.0 Å². The molecule has 0 bridgehead atoms. The van der Waals surface area contributed by atoms with E-state index in [1.165, 1.54) is 16.6 Å². The second kappa shape index (κ2) is 12.6. The molecule has 0 aliphatic rings. The van der Waals surface area contributed by atoms with Crippen LogP contribution in [0.3, 0.4) is 0 Å². The first kappa shape index (κ1) is 29.2. The number of rotatable bonds is 13. The third-order valence-corrected chi connectivity index (χ3v) is 7.86. The van der Waals surface area contributed by atoms with Gasteiger partial charge in [0.25, 0.3) is 15.6 Å². The molecule has 0 unspecified atom stereocenters. The van der Waals surface area contributed by atoms with Crippen LogP contribution in [-0.4, -0.2) is 64.3 Å². The van der Waals surface area contributed by atoms with Crippen molar-refractivity contribution in [2.24, 2.45) is 0 Å². The maximum absolute atomic E-state index is 13.5. The van der Waals surface area contributed by atoms with Crippen LogP contribution in [0.1, 0.15) is 44.3 Å². The molecular formula is C28H36N6O5S. The van der Waals surface area contributed by atoms with Gasteiger partial charge in [-0.05, 0) is 62.7 Å². The van der Waals surface area contributed by atoms with Crippen LogP contribution in [0.5, 0.6) is 5.75 Å². The molecule has 2 aromatic carbocycles. The predicted molar refractivity (Wildman–Crippen MR) is 154 cm³/mol. The molecule has 0 saturated carbocycles. The highest BCUT2D eigenvalue weighted by Crippen LogP contribution is 2.31. The number of fused-ring (bicyclic) bond motifs is 1. The van der Waals surface area contributed by atoms with Crippen molar-refractivity contribution in [3.05, 3.63) is 69.9 Å². The minimum absolute atomic E-state index is 0.00911. The quantitative estimate of drug-likeness (QED) is 0.223. The van der Waals surface area contributed by atoms with Crippen LogP contribution >= 0.6 is 0 Å². The number of hydrogen-bond acceptors (Lipinski definition) is 8. The number of nitrogens with zero attached hydrogens (tertiary/aromatic N) is 4. The molecule has 2 heterocycles. The van der Waals surface area contributed by atoms with Gasteiger partial charge in [-0.2, -0.15) is 0 Å². The second-order valence-electron chi connectivity index (χ2n) is 9.42. The van der Waals surface area contributed by atoms with Gasteiger partial charge in [0.05, 0.1) is 29.4 Å². The highest BCUT2D eigenvalue weighted by atomic mass is 32.2. The van der Waals surface area contributed by atoms with Gasteiger partial charge in [0, 0.05) is 25.2 Å². The molecule has 12 heteroatoms. The Morgan fingerprint density at radius 2 is 1.95 bits per heavy atom. The van der Waals surface area contributed by atoms with E-state index < -0.39 is 10.0 Å². The molecule has 0 aliphatic carbocycles. The van der Waals surface area contributed by atoms with Crippen molar-refractivity contribution in [2.45, 2.75) is 52.0 Å². The van der Waals surface area contributed by atoms with Crippen LogP contribution < -0.4 is 15.0 Å². The molecule has 0 atom stereocenters. The van der Waals surface area contributed by atoms with Gasteiger partial charge in [0.15, 0.2) is 11.3 Å². The zero-order valence-corrected chi connectivity index (χ0v) is 24.1. The molecule has 0 amide bonds. The van der Waals surface area contributed by atoms with E-state index >= 15 is 0 Å². The Bertz CT molecular complexity index is 1650. The lowest BCUT2D eigenvalue weighted by atomic mass is 10.2. The summed E-state index contributed by atoms with van der Waals surface area (Å²) < 4.78 is 36.9. The number of anilines is 1. The van der Waals surface area contributed by atoms with Crippen molar-refractivity contribution in [2.75, 3.05) is 31.0 Å². The first-order valence-corrected chi connectivity index (χ1v) is 14.9. The molecule has 0 aliphatic heterocycles. The van der Waals surface area contributed by atoms with Gasteiger partial charge in [-0.25, -0.2) is 17.9 Å². The van der Waals surface area contributed by atoms with E-state index in [1.807, 2.05) is 26.8 Å². The van der Waals surface area contributed by atoms with Crippen molar-refractivity contribution >= 4 is 21.2 Å². The molecule has 0 radical (unpaired) electrons. The van der Waals surface area contributed by atoms with Gasteiger partial charge in [0.2, 0.25) is 0 Å². The fourth-order valence-electron chi connectivity index (χ4n) is 4.58. The van der Waals surface area contributed by atoms with E-state index in [-0.39, 0.29) is 22.9 Å². The van der Waals surface area contributed by atoms with Gasteiger partial charge in [-0.15, -0.1) is 5.10 Å². The van der Waals surface area contributed by atoms with Crippen molar-refractivity contribution in [3.63, 3.8) is 0 Å². The maximum Gasteiger partial charge on any atom is 0.277 e. The third kappa shape index (κ3) is 6.35. The van der Waals surface area contributed by atoms with Gasteiger partial charge in [0.1, 0.15) is 11.6 Å². The van der Waals surface area contributed by atoms with E-state index in [9.17, 15) is 18.3 Å². The summed E-state index contributed by atoms with van der Waals surface area (Å²) in [5.74, 6) is 1.23. The normalized spacial score (nSPS) is 11.8. The summed E-state index contributed by atoms with van der Waals surface area (Å²) in [6, 6.07) is 11.6. The second-order valence-corrected chi connectivity index (χ2v) is 11.1. The topological polar surface area (TPSA) is 142 Å². The molecule has 11 nitrogen and oxygen atoms in total. The number of aliphatic hydroxyl groups is 1. The first-order chi connectivity index (χ1) is 19.2. The van der Waals surface area contributed by atoms with Gasteiger partial charge < -0.3 is 14.8 Å². The Morgan fingerprint density at radius 3 is 2.65 bits per heavy atom. The highest BCUT2D eigenvalue weighted by Gasteiger charge is 2.21. The van der Waals surface area contributed by atoms with Crippen LogP contribution in [0.2, 0.25) is 0 Å². The fourth-order valence-corrected chi connectivity index (χ4v) is 5.66. The third-order valence-electron chi connectivity index (χ3n) is 6.48. The number of sulfonamides is 1. The number of imidazole rings is 1. The summed E-state index contributed by atoms with van der Waals surface area (Å²) in [5, 5.41) is 13.9. The first-order valence-electron chi connectivity index (χ1n) is 13.4. The molecule has 0 spiro atoms. The number of likely N-dealkylation sites (N-methyl/N-ethyl adjacent to an activating group) is 1. The highest BCUT2D eigenvalue weighted by molar-refractivity contribution is 7.92. The zero-order valence-electron chi connectivity index (χ0n) is 23.3. The van der Waals surface area contributed by atoms with Crippen molar-refractivity contribution in [3.8, 4) is 17.1 Å².